The molecule has 0 aromatic heterocycles. The van der Waals surface area contributed by atoms with E-state index in [1.54, 1.807) is 0 Å². The maximum Gasteiger partial charge on any atom is 0.0104 e. The molecule has 0 spiro atoms. The van der Waals surface area contributed by atoms with Gasteiger partial charge in [-0.15, -0.1) is 11.8 Å². The molecule has 0 aliphatic carbocycles. The highest BCUT2D eigenvalue weighted by molar-refractivity contribution is 8.07. The molecule has 1 heteroatoms. The van der Waals surface area contributed by atoms with Gasteiger partial charge in [0.25, 0.3) is 0 Å². The Hall–Kier alpha value is -0.690. The topological polar surface area (TPSA) is 0 Å². The molecule has 0 saturated carbocycles. The summed E-state index contributed by atoms with van der Waals surface area (Å²) in [5.74, 6) is 0. The SMILES string of the molecule is C/C=C(\SC)c1c(CC)cccc1CCC. The zero-order valence-electron chi connectivity index (χ0n) is 10.8. The molecule has 1 rings (SSSR count). The molecule has 16 heavy (non-hydrogen) atoms. The lowest BCUT2D eigenvalue weighted by molar-refractivity contribution is 0.914. The predicted octanol–water partition coefficient (Wildman–Crippen LogP) is 4.93. The third kappa shape index (κ3) is 2.91. The van der Waals surface area contributed by atoms with Gasteiger partial charge in [-0.1, -0.05) is 44.5 Å². The molecule has 0 nitrogen and oxygen atoms in total. The van der Waals surface area contributed by atoms with Crippen molar-refractivity contribution in [3.63, 3.8) is 0 Å². The van der Waals surface area contributed by atoms with E-state index < -0.39 is 0 Å². The molecule has 0 amide bonds. The second kappa shape index (κ2) is 6.80. The monoisotopic (exact) mass is 234 g/mol. The lowest BCUT2D eigenvalue weighted by Gasteiger charge is -2.15. The molecular weight excluding hydrogens is 212 g/mol. The maximum atomic E-state index is 2.28. The number of aryl methyl sites for hydroxylation is 2. The first-order valence-corrected chi connectivity index (χ1v) is 7.32. The van der Waals surface area contributed by atoms with Gasteiger partial charge >= 0.3 is 0 Å². The van der Waals surface area contributed by atoms with Crippen LogP contribution in [0.3, 0.4) is 0 Å². The fourth-order valence-corrected chi connectivity index (χ4v) is 2.81. The minimum Gasteiger partial charge on any atom is -0.129 e. The van der Waals surface area contributed by atoms with E-state index in [9.17, 15) is 0 Å². The first-order chi connectivity index (χ1) is 7.78. The molecule has 0 unspecified atom stereocenters. The average Bonchev–Trinajstić information content (AvgIpc) is 2.32. The number of allylic oxidation sites excluding steroid dienone is 1. The van der Waals surface area contributed by atoms with Crippen LogP contribution >= 0.6 is 11.8 Å². The van der Waals surface area contributed by atoms with E-state index in [-0.39, 0.29) is 0 Å². The van der Waals surface area contributed by atoms with Crippen molar-refractivity contribution in [2.45, 2.75) is 40.0 Å². The Bertz CT molecular complexity index is 364. The lowest BCUT2D eigenvalue weighted by atomic mass is 9.96. The first kappa shape index (κ1) is 13.4. The Morgan fingerprint density at radius 1 is 1.25 bits per heavy atom. The molecule has 0 saturated heterocycles. The van der Waals surface area contributed by atoms with Crippen LogP contribution in [0.15, 0.2) is 24.3 Å². The van der Waals surface area contributed by atoms with E-state index in [1.165, 1.54) is 34.4 Å². The zero-order valence-corrected chi connectivity index (χ0v) is 11.7. The first-order valence-electron chi connectivity index (χ1n) is 6.09. The average molecular weight is 234 g/mol. The van der Waals surface area contributed by atoms with Crippen molar-refractivity contribution in [1.29, 1.82) is 0 Å². The van der Waals surface area contributed by atoms with E-state index in [4.69, 9.17) is 0 Å². The van der Waals surface area contributed by atoms with Gasteiger partial charge in [-0.05, 0) is 42.7 Å². The Balaban J connectivity index is 3.29. The molecule has 0 heterocycles. The second-order valence-electron chi connectivity index (χ2n) is 3.91. The van der Waals surface area contributed by atoms with Crippen LogP contribution in [0.2, 0.25) is 0 Å². The smallest absolute Gasteiger partial charge is 0.0104 e. The summed E-state index contributed by atoms with van der Waals surface area (Å²) in [6, 6.07) is 6.73. The lowest BCUT2D eigenvalue weighted by Crippen LogP contribution is -1.97. The highest BCUT2D eigenvalue weighted by atomic mass is 32.2. The summed E-state index contributed by atoms with van der Waals surface area (Å²) in [6.07, 6.45) is 7.91. The van der Waals surface area contributed by atoms with Gasteiger partial charge in [0.05, 0.1) is 0 Å². The van der Waals surface area contributed by atoms with Crippen LogP contribution in [-0.4, -0.2) is 6.26 Å². The van der Waals surface area contributed by atoms with Crippen molar-refractivity contribution in [3.8, 4) is 0 Å². The van der Waals surface area contributed by atoms with Crippen molar-refractivity contribution in [1.82, 2.24) is 0 Å². The summed E-state index contributed by atoms with van der Waals surface area (Å²) in [5.41, 5.74) is 4.47. The van der Waals surface area contributed by atoms with Crippen molar-refractivity contribution in [2.24, 2.45) is 0 Å². The van der Waals surface area contributed by atoms with E-state index in [1.807, 2.05) is 11.8 Å². The standard InChI is InChI=1S/C15H22S/c1-5-9-13-11-8-10-12(6-2)15(13)14(7-3)16-4/h7-8,10-11H,5-6,9H2,1-4H3/b14-7-. The molecule has 0 aliphatic heterocycles. The number of hydrogen-bond donors (Lipinski definition) is 0. The third-order valence-electron chi connectivity index (χ3n) is 2.87. The molecule has 0 bridgehead atoms. The molecule has 0 radical (unpaired) electrons. The largest absolute Gasteiger partial charge is 0.129 e. The molecular formula is C15H22S. The quantitative estimate of drug-likeness (QED) is 0.696. The van der Waals surface area contributed by atoms with Crippen molar-refractivity contribution < 1.29 is 0 Å². The Morgan fingerprint density at radius 3 is 2.44 bits per heavy atom. The van der Waals surface area contributed by atoms with Crippen LogP contribution in [0, 0.1) is 0 Å². The number of rotatable bonds is 5. The Morgan fingerprint density at radius 2 is 1.94 bits per heavy atom. The Kier molecular flexibility index (Phi) is 5.68. The highest BCUT2D eigenvalue weighted by Crippen LogP contribution is 2.32. The highest BCUT2D eigenvalue weighted by Gasteiger charge is 2.10. The summed E-state index contributed by atoms with van der Waals surface area (Å²) < 4.78 is 0. The third-order valence-corrected chi connectivity index (χ3v) is 3.75. The van der Waals surface area contributed by atoms with Gasteiger partial charge < -0.3 is 0 Å². The van der Waals surface area contributed by atoms with Crippen LogP contribution < -0.4 is 0 Å². The molecule has 1 aromatic carbocycles. The van der Waals surface area contributed by atoms with Gasteiger partial charge in [0.15, 0.2) is 0 Å². The fraction of sp³-hybridized carbons (Fsp3) is 0.467. The van der Waals surface area contributed by atoms with Crippen molar-refractivity contribution in [3.05, 3.63) is 41.0 Å². The molecule has 0 aliphatic rings. The molecule has 0 atom stereocenters. The number of hydrogen-bond acceptors (Lipinski definition) is 1. The van der Waals surface area contributed by atoms with Crippen LogP contribution in [0.5, 0.6) is 0 Å². The summed E-state index contributed by atoms with van der Waals surface area (Å²) in [4.78, 5) is 1.42. The normalized spacial score (nSPS) is 11.9. The van der Waals surface area contributed by atoms with Gasteiger partial charge in [0, 0.05) is 4.91 Å². The molecule has 88 valence electrons. The van der Waals surface area contributed by atoms with Crippen LogP contribution in [-0.2, 0) is 12.8 Å². The van der Waals surface area contributed by atoms with Gasteiger partial charge in [0.1, 0.15) is 0 Å². The summed E-state index contributed by atoms with van der Waals surface area (Å²) in [7, 11) is 0. The van der Waals surface area contributed by atoms with Crippen LogP contribution in [0.25, 0.3) is 4.91 Å². The van der Waals surface area contributed by atoms with Gasteiger partial charge in [-0.2, -0.15) is 0 Å². The van der Waals surface area contributed by atoms with E-state index >= 15 is 0 Å². The van der Waals surface area contributed by atoms with Gasteiger partial charge in [0.2, 0.25) is 0 Å². The summed E-state index contributed by atoms with van der Waals surface area (Å²) in [6.45, 7) is 6.62. The van der Waals surface area contributed by atoms with E-state index in [2.05, 4.69) is 51.3 Å². The van der Waals surface area contributed by atoms with Crippen molar-refractivity contribution >= 4 is 16.7 Å². The maximum absolute atomic E-state index is 2.28. The minimum atomic E-state index is 1.12. The molecule has 0 N–H and O–H groups in total. The summed E-state index contributed by atoms with van der Waals surface area (Å²) in [5, 5.41) is 0. The Labute approximate surface area is 104 Å². The summed E-state index contributed by atoms with van der Waals surface area (Å²) >= 11 is 1.85. The van der Waals surface area contributed by atoms with Crippen molar-refractivity contribution in [2.75, 3.05) is 6.26 Å². The van der Waals surface area contributed by atoms with Gasteiger partial charge in [-0.25, -0.2) is 0 Å². The number of benzene rings is 1. The van der Waals surface area contributed by atoms with Gasteiger partial charge in [-0.3, -0.25) is 0 Å². The molecule has 0 fully saturated rings. The van der Waals surface area contributed by atoms with E-state index in [0.29, 0.717) is 0 Å². The zero-order chi connectivity index (χ0) is 12.0. The molecule has 1 aromatic rings. The van der Waals surface area contributed by atoms with Crippen LogP contribution in [0.4, 0.5) is 0 Å². The van der Waals surface area contributed by atoms with E-state index in [0.717, 1.165) is 6.42 Å². The number of thioether (sulfide) groups is 1. The fourth-order valence-electron chi connectivity index (χ4n) is 2.11. The minimum absolute atomic E-state index is 1.12. The predicted molar refractivity (Wildman–Crippen MR) is 77.0 cm³/mol. The second-order valence-corrected chi connectivity index (χ2v) is 4.76. The van der Waals surface area contributed by atoms with Crippen LogP contribution in [0.1, 0.15) is 43.9 Å².